The third kappa shape index (κ3) is 1.93. The monoisotopic (exact) mass is 184 g/mol. The summed E-state index contributed by atoms with van der Waals surface area (Å²) in [6.07, 6.45) is 8.06. The van der Waals surface area contributed by atoms with Crippen LogP contribution >= 0.6 is 7.14 Å². The molecule has 1 nitrogen and oxygen atoms in total. The highest BCUT2D eigenvalue weighted by atomic mass is 31.2. The van der Waals surface area contributed by atoms with Crippen LogP contribution in [0.2, 0.25) is 0 Å². The predicted molar refractivity (Wildman–Crippen MR) is 54.0 cm³/mol. The van der Waals surface area contributed by atoms with E-state index in [1.54, 1.807) is 0 Å². The molecule has 0 N–H and O–H groups in total. The van der Waals surface area contributed by atoms with Crippen LogP contribution < -0.4 is 0 Å². The van der Waals surface area contributed by atoms with Crippen LogP contribution in [0.3, 0.4) is 0 Å². The Labute approximate surface area is 75.3 Å². The largest absolute Gasteiger partial charge is 0.324 e. The van der Waals surface area contributed by atoms with Crippen LogP contribution in [0.1, 0.15) is 20.3 Å². The zero-order valence-electron chi connectivity index (χ0n) is 8.13. The molecule has 1 rings (SSSR count). The second kappa shape index (κ2) is 2.93. The van der Waals surface area contributed by atoms with Gasteiger partial charge in [0.15, 0.2) is 0 Å². The molecule has 0 bridgehead atoms. The molecule has 0 aromatic carbocycles. The first-order valence-corrected chi connectivity index (χ1v) is 6.91. The summed E-state index contributed by atoms with van der Waals surface area (Å²) in [5, 5.41) is 0. The van der Waals surface area contributed by atoms with Gasteiger partial charge in [-0.15, -0.1) is 12.3 Å². The van der Waals surface area contributed by atoms with Crippen molar-refractivity contribution in [2.45, 2.75) is 20.3 Å². The van der Waals surface area contributed by atoms with E-state index in [2.05, 4.69) is 19.8 Å². The number of hydrogen-bond acceptors (Lipinski definition) is 1. The van der Waals surface area contributed by atoms with Gasteiger partial charge in [-0.3, -0.25) is 0 Å². The van der Waals surface area contributed by atoms with E-state index >= 15 is 0 Å². The molecule has 1 aliphatic rings. The van der Waals surface area contributed by atoms with Crippen LogP contribution in [0.15, 0.2) is 0 Å². The zero-order valence-corrected chi connectivity index (χ0v) is 9.03. The maximum Gasteiger partial charge on any atom is 0.0860 e. The number of rotatable bonds is 0. The fourth-order valence-electron chi connectivity index (χ4n) is 1.70. The molecule has 1 aliphatic heterocycles. The summed E-state index contributed by atoms with van der Waals surface area (Å²) in [6, 6.07) is 0. The smallest absolute Gasteiger partial charge is 0.0860 e. The molecule has 0 amide bonds. The van der Waals surface area contributed by atoms with Gasteiger partial charge in [-0.1, -0.05) is 13.8 Å². The van der Waals surface area contributed by atoms with E-state index in [0.717, 1.165) is 18.7 Å². The highest BCUT2D eigenvalue weighted by Crippen LogP contribution is 2.54. The van der Waals surface area contributed by atoms with E-state index in [1.165, 1.54) is 0 Å². The van der Waals surface area contributed by atoms with Crippen molar-refractivity contribution < 1.29 is 4.57 Å². The lowest BCUT2D eigenvalue weighted by Gasteiger charge is -2.38. The second-order valence-corrected chi connectivity index (χ2v) is 8.07. The lowest BCUT2D eigenvalue weighted by atomic mass is 9.78. The molecule has 1 fully saturated rings. The molecule has 2 atom stereocenters. The Morgan fingerprint density at radius 3 is 2.58 bits per heavy atom. The van der Waals surface area contributed by atoms with Gasteiger partial charge in [-0.25, -0.2) is 0 Å². The van der Waals surface area contributed by atoms with Crippen molar-refractivity contribution in [2.75, 3.05) is 19.0 Å². The normalized spacial score (nSPS) is 40.3. The number of terminal acetylenes is 1. The van der Waals surface area contributed by atoms with Gasteiger partial charge in [0.05, 0.1) is 7.14 Å². The van der Waals surface area contributed by atoms with E-state index < -0.39 is 7.14 Å². The van der Waals surface area contributed by atoms with E-state index in [4.69, 9.17) is 6.42 Å². The summed E-state index contributed by atoms with van der Waals surface area (Å²) < 4.78 is 11.8. The van der Waals surface area contributed by atoms with Crippen LogP contribution in [0.5, 0.6) is 0 Å². The molecule has 2 unspecified atom stereocenters. The molecule has 0 saturated carbocycles. The molecular weight excluding hydrogens is 167 g/mol. The Morgan fingerprint density at radius 2 is 2.17 bits per heavy atom. The first kappa shape index (κ1) is 9.87. The van der Waals surface area contributed by atoms with Crippen LogP contribution in [0.25, 0.3) is 0 Å². The van der Waals surface area contributed by atoms with Gasteiger partial charge < -0.3 is 4.57 Å². The Morgan fingerprint density at radius 1 is 1.58 bits per heavy atom. The third-order valence-corrected chi connectivity index (χ3v) is 5.25. The SMILES string of the molecule is C#CC1CP(C)(=O)CCC1(C)C. The fraction of sp³-hybridized carbons (Fsp3) is 0.800. The Kier molecular flexibility index (Phi) is 2.41. The minimum Gasteiger partial charge on any atom is -0.324 e. The lowest BCUT2D eigenvalue weighted by molar-refractivity contribution is 0.265. The first-order valence-electron chi connectivity index (χ1n) is 4.39. The maximum absolute atomic E-state index is 11.8. The van der Waals surface area contributed by atoms with Gasteiger partial charge >= 0.3 is 0 Å². The van der Waals surface area contributed by atoms with Crippen molar-refractivity contribution >= 4 is 7.14 Å². The highest BCUT2D eigenvalue weighted by molar-refractivity contribution is 7.63. The molecular formula is C10H17OP. The van der Waals surface area contributed by atoms with Crippen LogP contribution in [-0.2, 0) is 4.57 Å². The summed E-state index contributed by atoms with van der Waals surface area (Å²) in [5.41, 5.74) is 0.193. The van der Waals surface area contributed by atoms with E-state index in [0.29, 0.717) is 0 Å². The van der Waals surface area contributed by atoms with Crippen molar-refractivity contribution in [1.29, 1.82) is 0 Å². The number of hydrogen-bond donors (Lipinski definition) is 0. The van der Waals surface area contributed by atoms with Gasteiger partial charge in [0, 0.05) is 18.2 Å². The third-order valence-electron chi connectivity index (χ3n) is 2.94. The average Bonchev–Trinajstić information content (AvgIpc) is 1.95. The van der Waals surface area contributed by atoms with Crippen LogP contribution in [0, 0.1) is 23.7 Å². The van der Waals surface area contributed by atoms with Gasteiger partial charge in [0.2, 0.25) is 0 Å². The molecule has 0 aromatic heterocycles. The molecule has 1 saturated heterocycles. The average molecular weight is 184 g/mol. The zero-order chi connectivity index (χ0) is 9.41. The Bertz CT molecular complexity index is 260. The summed E-state index contributed by atoms with van der Waals surface area (Å²) >= 11 is 0. The van der Waals surface area contributed by atoms with Crippen LogP contribution in [-0.4, -0.2) is 19.0 Å². The summed E-state index contributed by atoms with van der Waals surface area (Å²) in [5.74, 6) is 2.99. The molecule has 1 heterocycles. The second-order valence-electron chi connectivity index (χ2n) is 4.66. The molecule has 12 heavy (non-hydrogen) atoms. The van der Waals surface area contributed by atoms with Gasteiger partial charge in [-0.2, -0.15) is 0 Å². The van der Waals surface area contributed by atoms with Crippen molar-refractivity contribution in [1.82, 2.24) is 0 Å². The molecule has 0 aliphatic carbocycles. The minimum atomic E-state index is -1.88. The molecule has 0 aromatic rings. The Balaban J connectivity index is 2.82. The van der Waals surface area contributed by atoms with Crippen molar-refractivity contribution in [2.24, 2.45) is 11.3 Å². The molecule has 68 valence electrons. The van der Waals surface area contributed by atoms with Crippen LogP contribution in [0.4, 0.5) is 0 Å². The summed E-state index contributed by atoms with van der Waals surface area (Å²) in [4.78, 5) is 0. The van der Waals surface area contributed by atoms with E-state index in [1.807, 2.05) is 6.66 Å². The molecule has 0 spiro atoms. The Hall–Kier alpha value is -0.210. The van der Waals surface area contributed by atoms with Gasteiger partial charge in [-0.05, 0) is 18.5 Å². The molecule has 2 heteroatoms. The summed E-state index contributed by atoms with van der Waals surface area (Å²) in [7, 11) is -1.88. The van der Waals surface area contributed by atoms with E-state index in [-0.39, 0.29) is 11.3 Å². The minimum absolute atomic E-state index is 0.193. The van der Waals surface area contributed by atoms with Gasteiger partial charge in [0.1, 0.15) is 0 Å². The maximum atomic E-state index is 11.8. The van der Waals surface area contributed by atoms with Crippen molar-refractivity contribution in [3.05, 3.63) is 0 Å². The van der Waals surface area contributed by atoms with Crippen molar-refractivity contribution in [3.8, 4) is 12.3 Å². The van der Waals surface area contributed by atoms with Gasteiger partial charge in [0.25, 0.3) is 0 Å². The van der Waals surface area contributed by atoms with Crippen molar-refractivity contribution in [3.63, 3.8) is 0 Å². The summed E-state index contributed by atoms with van der Waals surface area (Å²) in [6.45, 7) is 6.24. The molecule has 0 radical (unpaired) electrons. The fourth-order valence-corrected chi connectivity index (χ4v) is 4.31. The van der Waals surface area contributed by atoms with E-state index in [9.17, 15) is 4.57 Å². The highest BCUT2D eigenvalue weighted by Gasteiger charge is 2.38. The lowest BCUT2D eigenvalue weighted by Crippen LogP contribution is -2.31. The first-order chi connectivity index (χ1) is 5.37. The predicted octanol–water partition coefficient (Wildman–Crippen LogP) is 2.66. The quantitative estimate of drug-likeness (QED) is 0.418. The standard InChI is InChI=1S/C10H17OP/c1-5-9-8-12(4,11)7-6-10(9,2)3/h1,9H,6-8H2,2-4H3. The topological polar surface area (TPSA) is 17.1 Å².